The fourth-order valence-electron chi connectivity index (χ4n) is 3.44. The van der Waals surface area contributed by atoms with Crippen molar-refractivity contribution in [2.75, 3.05) is 19.7 Å². The molecule has 1 fully saturated rings. The summed E-state index contributed by atoms with van der Waals surface area (Å²) in [5.41, 5.74) is 2.40. The number of aromatic amines is 1. The Morgan fingerprint density at radius 3 is 2.84 bits per heavy atom. The van der Waals surface area contributed by atoms with Crippen LogP contribution in [0, 0.1) is 5.82 Å². The van der Waals surface area contributed by atoms with Gasteiger partial charge in [0.1, 0.15) is 11.6 Å². The van der Waals surface area contributed by atoms with E-state index < -0.39 is 0 Å². The second-order valence-corrected chi connectivity index (χ2v) is 6.36. The Kier molecular flexibility index (Phi) is 4.14. The van der Waals surface area contributed by atoms with Gasteiger partial charge in [-0.15, -0.1) is 0 Å². The summed E-state index contributed by atoms with van der Waals surface area (Å²) in [5, 5.41) is 1.23. The van der Waals surface area contributed by atoms with Crippen molar-refractivity contribution in [1.82, 2.24) is 9.88 Å². The summed E-state index contributed by atoms with van der Waals surface area (Å²) in [6.07, 6.45) is 3.00. The monoisotopic (exact) mass is 338 g/mol. The lowest BCUT2D eigenvalue weighted by Gasteiger charge is -2.17. The molecule has 128 valence electrons. The van der Waals surface area contributed by atoms with Crippen LogP contribution >= 0.6 is 0 Å². The maximum atomic E-state index is 12.9. The molecular weight excluding hydrogens is 319 g/mol. The molecule has 25 heavy (non-hydrogen) atoms. The summed E-state index contributed by atoms with van der Waals surface area (Å²) in [6, 6.07) is 13.9. The Labute approximate surface area is 145 Å². The minimum Gasteiger partial charge on any atom is -0.484 e. The van der Waals surface area contributed by atoms with Crippen LogP contribution in [-0.2, 0) is 4.79 Å². The number of amides is 1. The van der Waals surface area contributed by atoms with E-state index in [4.69, 9.17) is 4.74 Å². The molecule has 1 aromatic heterocycles. The van der Waals surface area contributed by atoms with Crippen molar-refractivity contribution in [3.8, 4) is 5.75 Å². The first-order chi connectivity index (χ1) is 12.2. The van der Waals surface area contributed by atoms with Crippen LogP contribution in [-0.4, -0.2) is 35.5 Å². The molecule has 0 spiro atoms. The molecule has 0 bridgehead atoms. The second kappa shape index (κ2) is 6.59. The molecule has 0 saturated carbocycles. The molecule has 4 rings (SSSR count). The molecule has 1 N–H and O–H groups in total. The molecule has 2 aromatic carbocycles. The van der Waals surface area contributed by atoms with Gasteiger partial charge in [-0.05, 0) is 42.3 Å². The molecule has 0 radical (unpaired) electrons. The number of nitrogens with one attached hydrogen (secondary N) is 1. The number of carbonyl (C=O) groups excluding carboxylic acids is 1. The fourth-order valence-corrected chi connectivity index (χ4v) is 3.44. The number of carbonyl (C=O) groups is 1. The molecule has 0 aliphatic carbocycles. The number of fused-ring (bicyclic) bond motifs is 1. The van der Waals surface area contributed by atoms with Crippen LogP contribution in [0.3, 0.4) is 0 Å². The molecule has 1 atom stereocenters. The largest absolute Gasteiger partial charge is 0.484 e. The van der Waals surface area contributed by atoms with Crippen molar-refractivity contribution < 1.29 is 13.9 Å². The second-order valence-electron chi connectivity index (χ2n) is 6.36. The van der Waals surface area contributed by atoms with Crippen LogP contribution in [0.1, 0.15) is 17.9 Å². The molecule has 5 heteroatoms. The zero-order chi connectivity index (χ0) is 17.2. The molecule has 1 aliphatic rings. The lowest BCUT2D eigenvalue weighted by atomic mass is 9.98. The van der Waals surface area contributed by atoms with Gasteiger partial charge < -0.3 is 14.6 Å². The van der Waals surface area contributed by atoms with Crippen molar-refractivity contribution in [1.29, 1.82) is 0 Å². The van der Waals surface area contributed by atoms with Crippen LogP contribution in [0.2, 0.25) is 0 Å². The highest BCUT2D eigenvalue weighted by Gasteiger charge is 2.28. The molecule has 1 unspecified atom stereocenters. The maximum Gasteiger partial charge on any atom is 0.260 e. The number of aromatic nitrogens is 1. The van der Waals surface area contributed by atoms with Crippen molar-refractivity contribution in [2.24, 2.45) is 0 Å². The van der Waals surface area contributed by atoms with Crippen LogP contribution in [0.15, 0.2) is 54.7 Å². The number of halogens is 1. The predicted octanol–water partition coefficient (Wildman–Crippen LogP) is 3.70. The molecule has 1 saturated heterocycles. The van der Waals surface area contributed by atoms with E-state index in [9.17, 15) is 9.18 Å². The van der Waals surface area contributed by atoms with Gasteiger partial charge in [-0.3, -0.25) is 4.79 Å². The highest BCUT2D eigenvalue weighted by molar-refractivity contribution is 5.84. The first-order valence-electron chi connectivity index (χ1n) is 8.43. The summed E-state index contributed by atoms with van der Waals surface area (Å²) >= 11 is 0. The summed E-state index contributed by atoms with van der Waals surface area (Å²) in [7, 11) is 0. The number of rotatable bonds is 4. The van der Waals surface area contributed by atoms with Crippen molar-refractivity contribution in [3.63, 3.8) is 0 Å². The molecule has 1 aliphatic heterocycles. The third kappa shape index (κ3) is 3.22. The smallest absolute Gasteiger partial charge is 0.260 e. The van der Waals surface area contributed by atoms with Gasteiger partial charge in [0.2, 0.25) is 0 Å². The standard InChI is InChI=1S/C20H19FN2O2/c21-15-5-7-16(8-6-15)25-13-20(24)23-10-9-14(12-23)18-11-22-19-4-2-1-3-17(18)19/h1-8,11,14,22H,9-10,12-13H2. The van der Waals surface area contributed by atoms with Gasteiger partial charge in [0, 0.05) is 36.1 Å². The number of likely N-dealkylation sites (tertiary alicyclic amines) is 1. The van der Waals surface area contributed by atoms with Crippen molar-refractivity contribution in [3.05, 3.63) is 66.1 Å². The highest BCUT2D eigenvalue weighted by atomic mass is 19.1. The molecular formula is C20H19FN2O2. The Hall–Kier alpha value is -2.82. The number of hydrogen-bond acceptors (Lipinski definition) is 2. The molecule has 3 aromatic rings. The van der Waals surface area contributed by atoms with E-state index in [0.717, 1.165) is 18.5 Å². The van der Waals surface area contributed by atoms with Crippen LogP contribution in [0.5, 0.6) is 5.75 Å². The van der Waals surface area contributed by atoms with E-state index in [-0.39, 0.29) is 18.3 Å². The predicted molar refractivity (Wildman–Crippen MR) is 94.1 cm³/mol. The Morgan fingerprint density at radius 1 is 1.20 bits per heavy atom. The minimum absolute atomic E-state index is 0.0216. The van der Waals surface area contributed by atoms with Crippen LogP contribution < -0.4 is 4.74 Å². The number of hydrogen-bond donors (Lipinski definition) is 1. The maximum absolute atomic E-state index is 12.9. The average molecular weight is 338 g/mol. The van der Waals surface area contributed by atoms with Gasteiger partial charge in [0.05, 0.1) is 0 Å². The normalized spacial score (nSPS) is 17.2. The number of nitrogens with zero attached hydrogens (tertiary/aromatic N) is 1. The number of ether oxygens (including phenoxy) is 1. The van der Waals surface area contributed by atoms with Crippen molar-refractivity contribution in [2.45, 2.75) is 12.3 Å². The third-order valence-electron chi connectivity index (χ3n) is 4.78. The molecule has 2 heterocycles. The van der Waals surface area contributed by atoms with E-state index in [1.807, 2.05) is 17.0 Å². The van der Waals surface area contributed by atoms with Gasteiger partial charge >= 0.3 is 0 Å². The Balaban J connectivity index is 1.38. The summed E-state index contributed by atoms with van der Waals surface area (Å²) in [5.74, 6) is 0.486. The fraction of sp³-hybridized carbons (Fsp3) is 0.250. The quantitative estimate of drug-likeness (QED) is 0.788. The first kappa shape index (κ1) is 15.7. The van der Waals surface area contributed by atoms with Crippen molar-refractivity contribution >= 4 is 16.8 Å². The topological polar surface area (TPSA) is 45.3 Å². The zero-order valence-corrected chi connectivity index (χ0v) is 13.7. The van der Waals surface area contributed by atoms with E-state index in [0.29, 0.717) is 18.2 Å². The average Bonchev–Trinajstić information content (AvgIpc) is 3.27. The Bertz CT molecular complexity index is 888. The zero-order valence-electron chi connectivity index (χ0n) is 13.7. The number of H-pyrrole nitrogens is 1. The van der Waals surface area contributed by atoms with Gasteiger partial charge in [0.15, 0.2) is 6.61 Å². The van der Waals surface area contributed by atoms with Crippen LogP contribution in [0.4, 0.5) is 4.39 Å². The number of benzene rings is 2. The van der Waals surface area contributed by atoms with E-state index >= 15 is 0 Å². The lowest BCUT2D eigenvalue weighted by molar-refractivity contribution is -0.132. The van der Waals surface area contributed by atoms with E-state index in [1.54, 1.807) is 0 Å². The number of para-hydroxylation sites is 1. The highest BCUT2D eigenvalue weighted by Crippen LogP contribution is 2.32. The van der Waals surface area contributed by atoms with Gasteiger partial charge in [-0.2, -0.15) is 0 Å². The Morgan fingerprint density at radius 2 is 2.00 bits per heavy atom. The summed E-state index contributed by atoms with van der Waals surface area (Å²) in [6.45, 7) is 1.41. The van der Waals surface area contributed by atoms with Gasteiger partial charge in [-0.1, -0.05) is 18.2 Å². The lowest BCUT2D eigenvalue weighted by Crippen LogP contribution is -2.32. The molecule has 4 nitrogen and oxygen atoms in total. The van der Waals surface area contributed by atoms with E-state index in [1.165, 1.54) is 35.2 Å². The molecule has 1 amide bonds. The summed E-state index contributed by atoms with van der Waals surface area (Å²) in [4.78, 5) is 17.5. The van der Waals surface area contributed by atoms with E-state index in [2.05, 4.69) is 23.3 Å². The van der Waals surface area contributed by atoms with Crippen LogP contribution in [0.25, 0.3) is 10.9 Å². The summed E-state index contributed by atoms with van der Waals surface area (Å²) < 4.78 is 18.4. The third-order valence-corrected chi connectivity index (χ3v) is 4.78. The minimum atomic E-state index is -0.320. The first-order valence-corrected chi connectivity index (χ1v) is 8.43. The van der Waals surface area contributed by atoms with Gasteiger partial charge in [0.25, 0.3) is 5.91 Å². The SMILES string of the molecule is O=C(COc1ccc(F)cc1)N1CCC(c2c[nH]c3ccccc23)C1. The van der Waals surface area contributed by atoms with Gasteiger partial charge in [-0.25, -0.2) is 4.39 Å².